The number of halogens is 1. The highest BCUT2D eigenvalue weighted by atomic mass is 19.1. The molecule has 1 fully saturated rings. The number of amides is 1. The number of hydrogen-bond acceptors (Lipinski definition) is 4. The van der Waals surface area contributed by atoms with Crippen molar-refractivity contribution in [3.05, 3.63) is 58.4 Å². The average Bonchev–Trinajstić information content (AvgIpc) is 3.25. The van der Waals surface area contributed by atoms with Gasteiger partial charge in [-0.2, -0.15) is 0 Å². The van der Waals surface area contributed by atoms with E-state index in [0.717, 1.165) is 5.56 Å². The van der Waals surface area contributed by atoms with Gasteiger partial charge in [-0.05, 0) is 17.7 Å². The Bertz CT molecular complexity index is 1040. The summed E-state index contributed by atoms with van der Waals surface area (Å²) in [7, 11) is 1.59. The fourth-order valence-electron chi connectivity index (χ4n) is 3.44. The van der Waals surface area contributed by atoms with Gasteiger partial charge < -0.3 is 9.64 Å². The van der Waals surface area contributed by atoms with Gasteiger partial charge in [-0.25, -0.2) is 13.9 Å². The molecule has 140 valence electrons. The third kappa shape index (κ3) is 3.23. The van der Waals surface area contributed by atoms with Gasteiger partial charge in [0.05, 0.1) is 12.3 Å². The second-order valence-electron chi connectivity index (χ2n) is 6.61. The molecule has 1 N–H and O–H groups in total. The lowest BCUT2D eigenvalue weighted by Crippen LogP contribution is -2.28. The van der Waals surface area contributed by atoms with Crippen LogP contribution in [0.4, 0.5) is 4.39 Å². The molecule has 0 aliphatic carbocycles. The van der Waals surface area contributed by atoms with Crippen molar-refractivity contribution < 1.29 is 13.9 Å². The molecule has 3 aromatic rings. The highest BCUT2D eigenvalue weighted by Crippen LogP contribution is 2.28. The molecule has 0 unspecified atom stereocenters. The van der Waals surface area contributed by atoms with Crippen LogP contribution >= 0.6 is 0 Å². The minimum absolute atomic E-state index is 0.0341. The van der Waals surface area contributed by atoms with Crippen molar-refractivity contribution in [2.24, 2.45) is 0 Å². The number of aromatic nitrogens is 3. The molecule has 1 aliphatic heterocycles. The van der Waals surface area contributed by atoms with Crippen LogP contribution in [-0.4, -0.2) is 52.2 Å². The van der Waals surface area contributed by atoms with Crippen LogP contribution in [0, 0.1) is 5.82 Å². The van der Waals surface area contributed by atoms with E-state index in [4.69, 9.17) is 4.74 Å². The number of benzene rings is 1. The van der Waals surface area contributed by atoms with Crippen LogP contribution in [-0.2, 0) is 9.53 Å². The molecule has 0 spiro atoms. The minimum atomic E-state index is -0.329. The Kier molecular flexibility index (Phi) is 4.49. The molecule has 1 atom stereocenters. The van der Waals surface area contributed by atoms with Crippen LogP contribution in [0.5, 0.6) is 0 Å². The van der Waals surface area contributed by atoms with Gasteiger partial charge in [-0.3, -0.25) is 14.7 Å². The van der Waals surface area contributed by atoms with Crippen molar-refractivity contribution in [3.63, 3.8) is 0 Å². The minimum Gasteiger partial charge on any atom is -0.383 e. The third-order valence-corrected chi connectivity index (χ3v) is 4.87. The molecule has 1 aromatic carbocycles. The highest BCUT2D eigenvalue weighted by molar-refractivity contribution is 5.80. The second-order valence-corrected chi connectivity index (χ2v) is 6.61. The number of aromatic amines is 1. The summed E-state index contributed by atoms with van der Waals surface area (Å²) in [6, 6.07) is 7.48. The smallest absolute Gasteiger partial charge is 0.272 e. The number of carbonyl (C=O) groups excluding carboxylic acids is 1. The molecule has 0 bridgehead atoms. The number of fused-ring (bicyclic) bond motifs is 1. The molecule has 2 aromatic heterocycles. The van der Waals surface area contributed by atoms with Gasteiger partial charge in [0.25, 0.3) is 5.56 Å². The number of H-pyrrole nitrogens is 1. The summed E-state index contributed by atoms with van der Waals surface area (Å²) in [6.45, 7) is 1.51. The van der Waals surface area contributed by atoms with E-state index in [0.29, 0.717) is 43.0 Å². The Morgan fingerprint density at radius 3 is 2.81 bits per heavy atom. The molecule has 0 radical (unpaired) electrons. The van der Waals surface area contributed by atoms with Gasteiger partial charge in [0.2, 0.25) is 5.91 Å². The zero-order valence-electron chi connectivity index (χ0n) is 14.8. The summed E-state index contributed by atoms with van der Waals surface area (Å²) in [5.74, 6) is -0.431. The topological polar surface area (TPSA) is 79.7 Å². The van der Waals surface area contributed by atoms with E-state index in [2.05, 4.69) is 10.1 Å². The summed E-state index contributed by atoms with van der Waals surface area (Å²) >= 11 is 0. The van der Waals surface area contributed by atoms with Gasteiger partial charge in [0, 0.05) is 50.4 Å². The predicted octanol–water partition coefficient (Wildman–Crippen LogP) is 1.79. The molecule has 1 saturated heterocycles. The lowest BCUT2D eigenvalue weighted by Gasteiger charge is -2.15. The van der Waals surface area contributed by atoms with Crippen LogP contribution in [0.1, 0.15) is 18.0 Å². The summed E-state index contributed by atoms with van der Waals surface area (Å²) in [4.78, 5) is 31.1. The highest BCUT2D eigenvalue weighted by Gasteiger charge is 2.32. The van der Waals surface area contributed by atoms with Gasteiger partial charge in [0.15, 0.2) is 5.65 Å². The Hall–Kier alpha value is -3.00. The first-order chi connectivity index (χ1) is 13.1. The summed E-state index contributed by atoms with van der Waals surface area (Å²) < 4.78 is 19.6. The van der Waals surface area contributed by atoms with Crippen LogP contribution in [0.3, 0.4) is 0 Å². The van der Waals surface area contributed by atoms with Gasteiger partial charge in [-0.1, -0.05) is 12.1 Å². The van der Waals surface area contributed by atoms with E-state index in [9.17, 15) is 14.0 Å². The van der Waals surface area contributed by atoms with Crippen molar-refractivity contribution in [2.45, 2.75) is 12.3 Å². The molecule has 4 rings (SSSR count). The fraction of sp³-hybridized carbons (Fsp3) is 0.316. The van der Waals surface area contributed by atoms with Gasteiger partial charge in [-0.15, -0.1) is 0 Å². The van der Waals surface area contributed by atoms with E-state index < -0.39 is 0 Å². The van der Waals surface area contributed by atoms with Crippen LogP contribution in [0.15, 0.2) is 41.3 Å². The maximum absolute atomic E-state index is 13.2. The Labute approximate surface area is 154 Å². The number of hydrogen-bond donors (Lipinski definition) is 1. The molecule has 1 amide bonds. The molecular formula is C19H19FN4O3. The molecule has 1 aliphatic rings. The Balaban J connectivity index is 1.71. The Morgan fingerprint density at radius 1 is 1.30 bits per heavy atom. The standard InChI is InChI=1S/C19H19FN4O3/c1-27-7-6-23-11-13(8-17(23)25)16-9-18(26)24-19(22-16)15(10-21-24)12-2-4-14(20)5-3-12/h2-5,9-10,13,21H,6-8,11H2,1H3/t13-/m1/s1. The first-order valence-electron chi connectivity index (χ1n) is 8.70. The molecule has 7 nitrogen and oxygen atoms in total. The summed E-state index contributed by atoms with van der Waals surface area (Å²) in [5.41, 5.74) is 2.27. The maximum Gasteiger partial charge on any atom is 0.272 e. The second kappa shape index (κ2) is 6.96. The van der Waals surface area contributed by atoms with E-state index in [1.807, 2.05) is 0 Å². The fourth-order valence-corrected chi connectivity index (χ4v) is 3.44. The van der Waals surface area contributed by atoms with Crippen molar-refractivity contribution in [3.8, 4) is 11.1 Å². The third-order valence-electron chi connectivity index (χ3n) is 4.87. The monoisotopic (exact) mass is 370 g/mol. The van der Waals surface area contributed by atoms with Crippen molar-refractivity contribution in [2.75, 3.05) is 26.8 Å². The molecule has 0 saturated carbocycles. The predicted molar refractivity (Wildman–Crippen MR) is 97.0 cm³/mol. The van der Waals surface area contributed by atoms with Gasteiger partial charge >= 0.3 is 0 Å². The molecular weight excluding hydrogens is 351 g/mol. The normalized spacial score (nSPS) is 17.2. The van der Waals surface area contributed by atoms with E-state index >= 15 is 0 Å². The number of ether oxygens (including phenoxy) is 1. The number of nitrogens with one attached hydrogen (secondary N) is 1. The number of carbonyl (C=O) groups is 1. The first-order valence-corrected chi connectivity index (χ1v) is 8.70. The summed E-state index contributed by atoms with van der Waals surface area (Å²) in [6.07, 6.45) is 1.99. The first kappa shape index (κ1) is 17.4. The zero-order chi connectivity index (χ0) is 19.0. The van der Waals surface area contributed by atoms with Crippen molar-refractivity contribution in [1.82, 2.24) is 19.5 Å². The van der Waals surface area contributed by atoms with Crippen LogP contribution < -0.4 is 5.56 Å². The number of nitrogens with zero attached hydrogens (tertiary/aromatic N) is 3. The van der Waals surface area contributed by atoms with Crippen molar-refractivity contribution in [1.29, 1.82) is 0 Å². The molecule has 8 heteroatoms. The zero-order valence-corrected chi connectivity index (χ0v) is 14.8. The maximum atomic E-state index is 13.2. The number of rotatable bonds is 5. The van der Waals surface area contributed by atoms with E-state index in [-0.39, 0.29) is 23.2 Å². The number of likely N-dealkylation sites (tertiary alicyclic amines) is 1. The van der Waals surface area contributed by atoms with Gasteiger partial charge in [0.1, 0.15) is 5.82 Å². The SMILES string of the molecule is COCCN1C[C@H](c2cc(=O)n3[nH]cc(-c4ccc(F)cc4)c3n2)CC1=O. The largest absolute Gasteiger partial charge is 0.383 e. The quantitative estimate of drug-likeness (QED) is 0.743. The van der Waals surface area contributed by atoms with E-state index in [1.54, 1.807) is 30.3 Å². The lowest BCUT2D eigenvalue weighted by molar-refractivity contribution is -0.128. The van der Waals surface area contributed by atoms with Crippen LogP contribution in [0.2, 0.25) is 0 Å². The molecule has 3 heterocycles. The van der Waals surface area contributed by atoms with Crippen molar-refractivity contribution >= 4 is 11.6 Å². The lowest BCUT2D eigenvalue weighted by atomic mass is 10.0. The number of methoxy groups -OCH3 is 1. The average molecular weight is 370 g/mol. The molecule has 27 heavy (non-hydrogen) atoms. The summed E-state index contributed by atoms with van der Waals surface area (Å²) in [5, 5.41) is 2.89. The Morgan fingerprint density at radius 2 is 2.07 bits per heavy atom. The van der Waals surface area contributed by atoms with E-state index in [1.165, 1.54) is 22.7 Å². The van der Waals surface area contributed by atoms with Crippen LogP contribution in [0.25, 0.3) is 16.8 Å².